The van der Waals surface area contributed by atoms with Gasteiger partial charge in [-0.15, -0.1) is 0 Å². The SMILES string of the molecule is O=C(N[C@@H]1CN(C(=O)CCCc2ccccc2)CC[C@@H]1CO)C1CC1. The Hall–Kier alpha value is -1.88. The van der Waals surface area contributed by atoms with Crippen molar-refractivity contribution in [1.82, 2.24) is 10.2 Å². The van der Waals surface area contributed by atoms with Crippen LogP contribution in [-0.2, 0) is 16.0 Å². The molecular formula is C20H28N2O3. The first-order valence-electron chi connectivity index (χ1n) is 9.40. The van der Waals surface area contributed by atoms with Crippen LogP contribution in [0.1, 0.15) is 37.7 Å². The molecule has 2 amide bonds. The molecule has 1 aliphatic carbocycles. The molecule has 5 heteroatoms. The Morgan fingerprint density at radius 1 is 1.16 bits per heavy atom. The van der Waals surface area contributed by atoms with Crippen LogP contribution >= 0.6 is 0 Å². The zero-order valence-corrected chi connectivity index (χ0v) is 14.7. The van der Waals surface area contributed by atoms with Gasteiger partial charge in [0, 0.05) is 38.0 Å². The van der Waals surface area contributed by atoms with Crippen LogP contribution in [0.5, 0.6) is 0 Å². The van der Waals surface area contributed by atoms with E-state index >= 15 is 0 Å². The lowest BCUT2D eigenvalue weighted by molar-refractivity contribution is -0.135. The second-order valence-electron chi connectivity index (χ2n) is 7.30. The Morgan fingerprint density at radius 2 is 1.92 bits per heavy atom. The topological polar surface area (TPSA) is 69.6 Å². The quantitative estimate of drug-likeness (QED) is 0.792. The van der Waals surface area contributed by atoms with E-state index < -0.39 is 0 Å². The number of likely N-dealkylation sites (tertiary alicyclic amines) is 1. The summed E-state index contributed by atoms with van der Waals surface area (Å²) in [7, 11) is 0. The van der Waals surface area contributed by atoms with Crippen molar-refractivity contribution in [2.45, 2.75) is 44.6 Å². The number of carbonyl (C=O) groups excluding carboxylic acids is 2. The van der Waals surface area contributed by atoms with E-state index in [0.717, 1.165) is 32.1 Å². The molecule has 25 heavy (non-hydrogen) atoms. The summed E-state index contributed by atoms with van der Waals surface area (Å²) in [6.07, 6.45) is 4.94. The van der Waals surface area contributed by atoms with Crippen LogP contribution in [0.4, 0.5) is 0 Å². The van der Waals surface area contributed by atoms with Gasteiger partial charge in [-0.2, -0.15) is 0 Å². The van der Waals surface area contributed by atoms with Gasteiger partial charge in [-0.05, 0) is 37.7 Å². The molecular weight excluding hydrogens is 316 g/mol. The number of aliphatic hydroxyl groups excluding tert-OH is 1. The Morgan fingerprint density at radius 3 is 2.60 bits per heavy atom. The van der Waals surface area contributed by atoms with Gasteiger partial charge >= 0.3 is 0 Å². The van der Waals surface area contributed by atoms with E-state index in [1.807, 2.05) is 23.1 Å². The summed E-state index contributed by atoms with van der Waals surface area (Å²) in [5, 5.41) is 12.6. The molecule has 0 bridgehead atoms. The zero-order chi connectivity index (χ0) is 17.6. The number of amides is 2. The highest BCUT2D eigenvalue weighted by atomic mass is 16.3. The first kappa shape index (κ1) is 17.9. The van der Waals surface area contributed by atoms with Gasteiger partial charge in [-0.1, -0.05) is 30.3 Å². The standard InChI is InChI=1S/C20H28N2O3/c23-14-17-11-12-22(13-18(17)21-20(25)16-9-10-16)19(24)8-4-7-15-5-2-1-3-6-15/h1-3,5-6,16-18,23H,4,7-14H2,(H,21,25)/t17-,18-/m1/s1. The third-order valence-electron chi connectivity index (χ3n) is 5.32. The molecule has 1 saturated heterocycles. The van der Waals surface area contributed by atoms with Crippen molar-refractivity contribution in [2.24, 2.45) is 11.8 Å². The Labute approximate surface area is 149 Å². The van der Waals surface area contributed by atoms with Crippen molar-refractivity contribution in [3.63, 3.8) is 0 Å². The maximum absolute atomic E-state index is 12.5. The van der Waals surface area contributed by atoms with Crippen LogP contribution < -0.4 is 5.32 Å². The lowest BCUT2D eigenvalue weighted by Crippen LogP contribution is -2.55. The van der Waals surface area contributed by atoms with Crippen LogP contribution in [0.25, 0.3) is 0 Å². The van der Waals surface area contributed by atoms with Gasteiger partial charge in [-0.3, -0.25) is 9.59 Å². The zero-order valence-electron chi connectivity index (χ0n) is 14.7. The fourth-order valence-electron chi connectivity index (χ4n) is 3.50. The molecule has 3 rings (SSSR count). The summed E-state index contributed by atoms with van der Waals surface area (Å²) in [6.45, 7) is 1.25. The summed E-state index contributed by atoms with van der Waals surface area (Å²) < 4.78 is 0. The number of rotatable bonds is 7. The average molecular weight is 344 g/mol. The lowest BCUT2D eigenvalue weighted by Gasteiger charge is -2.38. The summed E-state index contributed by atoms with van der Waals surface area (Å²) >= 11 is 0. The molecule has 2 aliphatic rings. The molecule has 0 aromatic heterocycles. The van der Waals surface area contributed by atoms with Gasteiger partial charge in [0.25, 0.3) is 0 Å². The summed E-state index contributed by atoms with van der Waals surface area (Å²) in [5.74, 6) is 0.437. The number of carbonyl (C=O) groups is 2. The number of nitrogens with zero attached hydrogens (tertiary/aromatic N) is 1. The minimum Gasteiger partial charge on any atom is -0.396 e. The first-order valence-corrected chi connectivity index (χ1v) is 9.40. The molecule has 1 aromatic rings. The van der Waals surface area contributed by atoms with Crippen molar-refractivity contribution in [1.29, 1.82) is 0 Å². The van der Waals surface area contributed by atoms with Crippen molar-refractivity contribution in [2.75, 3.05) is 19.7 Å². The highest BCUT2D eigenvalue weighted by molar-refractivity contribution is 5.81. The minimum absolute atomic E-state index is 0.0519. The maximum atomic E-state index is 12.5. The number of piperidine rings is 1. The van der Waals surface area contributed by atoms with Crippen molar-refractivity contribution >= 4 is 11.8 Å². The second kappa shape index (κ2) is 8.48. The summed E-state index contributed by atoms with van der Waals surface area (Å²) in [6, 6.07) is 10.1. The number of nitrogens with one attached hydrogen (secondary N) is 1. The molecule has 1 aromatic carbocycles. The molecule has 2 atom stereocenters. The first-order chi connectivity index (χ1) is 12.2. The predicted octanol–water partition coefficient (Wildman–Crippen LogP) is 1.74. The molecule has 136 valence electrons. The lowest BCUT2D eigenvalue weighted by atomic mass is 9.91. The van der Waals surface area contributed by atoms with Gasteiger partial charge in [0.05, 0.1) is 6.04 Å². The Bertz CT molecular complexity index is 586. The van der Waals surface area contributed by atoms with Gasteiger partial charge in [0.2, 0.25) is 11.8 Å². The van der Waals surface area contributed by atoms with Gasteiger partial charge in [0.15, 0.2) is 0 Å². The maximum Gasteiger partial charge on any atom is 0.223 e. The van der Waals surface area contributed by atoms with E-state index in [9.17, 15) is 14.7 Å². The van der Waals surface area contributed by atoms with Crippen LogP contribution in [0.2, 0.25) is 0 Å². The predicted molar refractivity (Wildman–Crippen MR) is 95.8 cm³/mol. The third kappa shape index (κ3) is 5.05. The molecule has 1 aliphatic heterocycles. The van der Waals surface area contributed by atoms with Gasteiger partial charge in [0.1, 0.15) is 0 Å². The van der Waals surface area contributed by atoms with E-state index in [0.29, 0.717) is 19.5 Å². The van der Waals surface area contributed by atoms with E-state index in [4.69, 9.17) is 0 Å². The van der Waals surface area contributed by atoms with Crippen LogP contribution in [0.15, 0.2) is 30.3 Å². The van der Waals surface area contributed by atoms with Crippen LogP contribution in [0, 0.1) is 11.8 Å². The molecule has 2 N–H and O–H groups in total. The number of hydrogen-bond donors (Lipinski definition) is 2. The normalized spacial score (nSPS) is 23.3. The molecule has 1 saturated carbocycles. The number of benzene rings is 1. The van der Waals surface area contributed by atoms with E-state index in [1.54, 1.807) is 0 Å². The molecule has 0 unspecified atom stereocenters. The van der Waals surface area contributed by atoms with Crippen molar-refractivity contribution in [3.05, 3.63) is 35.9 Å². The number of aliphatic hydroxyl groups is 1. The molecule has 1 heterocycles. The third-order valence-corrected chi connectivity index (χ3v) is 5.32. The van der Waals surface area contributed by atoms with E-state index in [1.165, 1.54) is 5.56 Å². The summed E-state index contributed by atoms with van der Waals surface area (Å²) in [4.78, 5) is 26.4. The Kier molecular flexibility index (Phi) is 6.08. The molecule has 5 nitrogen and oxygen atoms in total. The minimum atomic E-state index is -0.120. The van der Waals surface area contributed by atoms with Crippen molar-refractivity contribution < 1.29 is 14.7 Å². The van der Waals surface area contributed by atoms with E-state index in [-0.39, 0.29) is 36.3 Å². The van der Waals surface area contributed by atoms with Gasteiger partial charge in [-0.25, -0.2) is 0 Å². The molecule has 0 spiro atoms. The summed E-state index contributed by atoms with van der Waals surface area (Å²) in [5.41, 5.74) is 1.25. The molecule has 0 radical (unpaired) electrons. The van der Waals surface area contributed by atoms with Crippen LogP contribution in [0.3, 0.4) is 0 Å². The highest BCUT2D eigenvalue weighted by Gasteiger charge is 2.36. The Balaban J connectivity index is 1.47. The second-order valence-corrected chi connectivity index (χ2v) is 7.30. The van der Waals surface area contributed by atoms with Crippen LogP contribution in [-0.4, -0.2) is 47.6 Å². The largest absolute Gasteiger partial charge is 0.396 e. The number of hydrogen-bond acceptors (Lipinski definition) is 3. The van der Waals surface area contributed by atoms with E-state index in [2.05, 4.69) is 17.4 Å². The number of aryl methyl sites for hydroxylation is 1. The van der Waals surface area contributed by atoms with Gasteiger partial charge < -0.3 is 15.3 Å². The fraction of sp³-hybridized carbons (Fsp3) is 0.600. The van der Waals surface area contributed by atoms with Crippen molar-refractivity contribution in [3.8, 4) is 0 Å². The fourth-order valence-corrected chi connectivity index (χ4v) is 3.50. The highest BCUT2D eigenvalue weighted by Crippen LogP contribution is 2.29. The molecule has 2 fully saturated rings. The average Bonchev–Trinajstić information content (AvgIpc) is 3.47. The smallest absolute Gasteiger partial charge is 0.223 e. The monoisotopic (exact) mass is 344 g/mol.